The van der Waals surface area contributed by atoms with Gasteiger partial charge in [0.05, 0.1) is 13.0 Å². The lowest BCUT2D eigenvalue weighted by molar-refractivity contribution is -0.306. The zero-order valence-electron chi connectivity index (χ0n) is 15.7. The Morgan fingerprint density at radius 2 is 1.81 bits per heavy atom. The summed E-state index contributed by atoms with van der Waals surface area (Å²) in [6.07, 6.45) is 5.00. The van der Waals surface area contributed by atoms with Crippen molar-refractivity contribution in [3.8, 4) is 0 Å². The summed E-state index contributed by atoms with van der Waals surface area (Å²) in [6, 6.07) is 9.02. The number of amides is 2. The molecule has 4 N–H and O–H groups in total. The lowest BCUT2D eigenvalue weighted by Crippen LogP contribution is -2.60. The van der Waals surface area contributed by atoms with Gasteiger partial charge in [-0.25, -0.2) is 9.59 Å². The zero-order chi connectivity index (χ0) is 19.2. The van der Waals surface area contributed by atoms with Gasteiger partial charge in [0.2, 0.25) is 0 Å². The molecule has 2 amide bonds. The Morgan fingerprint density at radius 3 is 2.46 bits per heavy atom. The van der Waals surface area contributed by atoms with Crippen LogP contribution >= 0.6 is 0 Å². The van der Waals surface area contributed by atoms with Crippen LogP contribution < -0.4 is 11.1 Å². The number of hydrogen-bond acceptors (Lipinski definition) is 4. The van der Waals surface area contributed by atoms with Gasteiger partial charge in [-0.15, -0.1) is 0 Å². The van der Waals surface area contributed by atoms with Crippen LogP contribution in [0.1, 0.15) is 57.4 Å². The highest BCUT2D eigenvalue weighted by atomic mass is 16.5. The molecule has 0 aromatic heterocycles. The van der Waals surface area contributed by atoms with E-state index in [1.165, 1.54) is 0 Å². The molecule has 1 aromatic rings. The summed E-state index contributed by atoms with van der Waals surface area (Å²) in [7, 11) is 0. The number of alkyl carbamates (subject to hydrolysis) is 1. The summed E-state index contributed by atoms with van der Waals surface area (Å²) in [5.74, 6) is -0.546. The number of rotatable bonds is 13. The fourth-order valence-electron chi connectivity index (χ4n) is 2.64. The quantitative estimate of drug-likeness (QED) is 0.526. The van der Waals surface area contributed by atoms with Gasteiger partial charge in [-0.05, 0) is 24.8 Å². The second-order valence-electron chi connectivity index (χ2n) is 6.44. The van der Waals surface area contributed by atoms with Crippen molar-refractivity contribution < 1.29 is 24.9 Å². The maximum absolute atomic E-state index is 12.4. The molecular formula is C20H31N2O4+. The third-order valence-corrected chi connectivity index (χ3v) is 4.08. The summed E-state index contributed by atoms with van der Waals surface area (Å²) in [5, 5.41) is 2.52. The third kappa shape index (κ3) is 9.93. The predicted molar refractivity (Wildman–Crippen MR) is 99.3 cm³/mol. The first-order valence-corrected chi connectivity index (χ1v) is 9.37. The van der Waals surface area contributed by atoms with Crippen molar-refractivity contribution in [1.82, 2.24) is 5.32 Å². The summed E-state index contributed by atoms with van der Waals surface area (Å²) >= 11 is 0. The molecule has 0 radical (unpaired) electrons. The molecule has 1 aromatic carbocycles. The van der Waals surface area contributed by atoms with Gasteiger partial charge >= 0.3 is 12.0 Å². The van der Waals surface area contributed by atoms with E-state index in [0.717, 1.165) is 37.7 Å². The van der Waals surface area contributed by atoms with E-state index in [4.69, 9.17) is 4.74 Å². The molecule has 0 bridgehead atoms. The van der Waals surface area contributed by atoms with Gasteiger partial charge in [0.1, 0.15) is 6.04 Å². The van der Waals surface area contributed by atoms with E-state index >= 15 is 0 Å². The summed E-state index contributed by atoms with van der Waals surface area (Å²) < 4.78 is 5.09. The minimum atomic E-state index is -0.862. The van der Waals surface area contributed by atoms with Gasteiger partial charge in [0.15, 0.2) is 5.78 Å². The Labute approximate surface area is 155 Å². The third-order valence-electron chi connectivity index (χ3n) is 4.08. The molecule has 1 atom stereocenters. The number of unbranched alkanes of at least 4 members (excludes halogenated alkanes) is 3. The standard InChI is InChI=1S/C20H30N2O4/c1-2-3-4-8-14-26-20(25)22-17(15-19(21)24)18(23)13-9-12-16-10-6-5-7-11-16/h5-7,10-11,17H,2-4,8-9,12-15H2,1H3,(H2,21,24)(H,22,25)/p+1/t17-/m1/s1. The van der Waals surface area contributed by atoms with E-state index in [9.17, 15) is 14.4 Å². The molecule has 1 rings (SSSR count). The molecule has 0 aliphatic heterocycles. The molecule has 0 spiro atoms. The van der Waals surface area contributed by atoms with Gasteiger partial charge in [-0.1, -0.05) is 56.5 Å². The van der Waals surface area contributed by atoms with Gasteiger partial charge in [0, 0.05) is 6.42 Å². The van der Waals surface area contributed by atoms with Crippen LogP contribution in [-0.4, -0.2) is 30.4 Å². The second kappa shape index (κ2) is 13.1. The van der Waals surface area contributed by atoms with Gasteiger partial charge in [-0.3, -0.25) is 10.5 Å². The SMILES string of the molecule is CCCCCCOC(=O)N[C@H](CC([NH3+])=O)C(=O)CCCc1ccccc1. The minimum Gasteiger partial charge on any atom is -0.450 e. The van der Waals surface area contributed by atoms with Gasteiger partial charge in [-0.2, -0.15) is 0 Å². The van der Waals surface area contributed by atoms with Gasteiger partial charge in [0.25, 0.3) is 0 Å². The number of nitrogens with one attached hydrogen (secondary N) is 1. The molecule has 6 heteroatoms. The molecule has 0 heterocycles. The molecule has 0 unspecified atom stereocenters. The van der Waals surface area contributed by atoms with Crippen LogP contribution in [0.5, 0.6) is 0 Å². The highest BCUT2D eigenvalue weighted by Gasteiger charge is 2.24. The highest BCUT2D eigenvalue weighted by Crippen LogP contribution is 2.08. The summed E-state index contributed by atoms with van der Waals surface area (Å²) in [6.45, 7) is 2.43. The first-order valence-electron chi connectivity index (χ1n) is 9.37. The molecule has 0 fully saturated rings. The van der Waals surface area contributed by atoms with E-state index in [0.29, 0.717) is 19.4 Å². The molecule has 144 valence electrons. The first-order chi connectivity index (χ1) is 12.5. The molecule has 0 saturated heterocycles. The number of carbonyl (C=O) groups excluding carboxylic acids is 3. The lowest BCUT2D eigenvalue weighted by Gasteiger charge is -2.15. The molecule has 0 aliphatic rings. The number of ether oxygens (including phenoxy) is 1. The maximum atomic E-state index is 12.4. The van der Waals surface area contributed by atoms with E-state index in [1.807, 2.05) is 30.3 Å². The van der Waals surface area contributed by atoms with Crippen molar-refractivity contribution in [3.63, 3.8) is 0 Å². The van der Waals surface area contributed by atoms with Crippen LogP contribution in [0.2, 0.25) is 0 Å². The number of aryl methyl sites for hydroxylation is 1. The van der Waals surface area contributed by atoms with Crippen LogP contribution in [0.3, 0.4) is 0 Å². The zero-order valence-corrected chi connectivity index (χ0v) is 15.7. The molecule has 26 heavy (non-hydrogen) atoms. The van der Waals surface area contributed by atoms with E-state index < -0.39 is 12.1 Å². The number of carbonyl (C=O) groups is 3. The normalized spacial score (nSPS) is 11.6. The van der Waals surface area contributed by atoms with Crippen LogP contribution in [0.4, 0.5) is 4.79 Å². The molecule has 0 saturated carbocycles. The van der Waals surface area contributed by atoms with Crippen molar-refractivity contribution in [1.29, 1.82) is 0 Å². The number of Topliss-reactive ketones (excluding diaryl/α,β-unsaturated/α-hetero) is 1. The van der Waals surface area contributed by atoms with Crippen molar-refractivity contribution in [2.24, 2.45) is 0 Å². The largest absolute Gasteiger partial charge is 0.450 e. The van der Waals surface area contributed by atoms with E-state index in [-0.39, 0.29) is 18.1 Å². The fourth-order valence-corrected chi connectivity index (χ4v) is 2.64. The molecule has 6 nitrogen and oxygen atoms in total. The van der Waals surface area contributed by atoms with Crippen molar-refractivity contribution in [2.75, 3.05) is 6.61 Å². The van der Waals surface area contributed by atoms with Gasteiger partial charge < -0.3 is 10.1 Å². The topological polar surface area (TPSA) is 100 Å². The average molecular weight is 363 g/mol. The number of hydrogen-bond donors (Lipinski definition) is 2. The molecule has 0 aliphatic carbocycles. The Kier molecular flexibility index (Phi) is 11.0. The summed E-state index contributed by atoms with van der Waals surface area (Å²) in [4.78, 5) is 35.5. The Balaban J connectivity index is 2.39. The second-order valence-corrected chi connectivity index (χ2v) is 6.44. The summed E-state index contributed by atoms with van der Waals surface area (Å²) in [5.41, 5.74) is 4.47. The Morgan fingerprint density at radius 1 is 1.08 bits per heavy atom. The van der Waals surface area contributed by atoms with Crippen LogP contribution in [0, 0.1) is 0 Å². The van der Waals surface area contributed by atoms with E-state index in [1.54, 1.807) is 0 Å². The van der Waals surface area contributed by atoms with Crippen LogP contribution in [0.25, 0.3) is 0 Å². The average Bonchev–Trinajstić information content (AvgIpc) is 2.61. The van der Waals surface area contributed by atoms with Crippen LogP contribution in [0.15, 0.2) is 30.3 Å². The van der Waals surface area contributed by atoms with Crippen molar-refractivity contribution in [2.45, 2.75) is 64.3 Å². The van der Waals surface area contributed by atoms with Crippen LogP contribution in [-0.2, 0) is 20.7 Å². The maximum Gasteiger partial charge on any atom is 0.407 e. The predicted octanol–water partition coefficient (Wildman–Crippen LogP) is 2.41. The first kappa shape index (κ1) is 21.8. The number of quaternary nitrogens is 1. The highest BCUT2D eigenvalue weighted by molar-refractivity contribution is 5.90. The fraction of sp³-hybridized carbons (Fsp3) is 0.550. The number of ketones is 1. The molecular weight excluding hydrogens is 332 g/mol. The Bertz CT molecular complexity index is 560. The smallest absolute Gasteiger partial charge is 0.407 e. The minimum absolute atomic E-state index is 0.102. The lowest BCUT2D eigenvalue weighted by atomic mass is 10.0. The van der Waals surface area contributed by atoms with E-state index in [2.05, 4.69) is 18.0 Å². The monoisotopic (exact) mass is 363 g/mol. The number of benzene rings is 1. The van der Waals surface area contributed by atoms with Crippen molar-refractivity contribution >= 4 is 17.8 Å². The van der Waals surface area contributed by atoms with Crippen molar-refractivity contribution in [3.05, 3.63) is 35.9 Å². The Hall–Kier alpha value is -2.21.